The van der Waals surface area contributed by atoms with Gasteiger partial charge < -0.3 is 5.73 Å². The van der Waals surface area contributed by atoms with Crippen LogP contribution in [0.4, 0.5) is 0 Å². The number of hydrogen-bond donors (Lipinski definition) is 2. The normalized spacial score (nSPS) is 11.3. The van der Waals surface area contributed by atoms with Crippen LogP contribution in [0.1, 0.15) is 5.69 Å². The van der Waals surface area contributed by atoms with Gasteiger partial charge in [-0.25, -0.2) is 4.98 Å². The Morgan fingerprint density at radius 2 is 2.60 bits per heavy atom. The molecule has 0 aromatic carbocycles. The minimum atomic E-state index is 0.105. The molecule has 0 fully saturated rings. The smallest absolute Gasteiger partial charge is 0.195 e. The van der Waals surface area contributed by atoms with E-state index in [1.807, 2.05) is 16.0 Å². The molecule has 8 heteroatoms. The van der Waals surface area contributed by atoms with E-state index in [0.717, 1.165) is 4.96 Å². The monoisotopic (exact) mass is 259 g/mol. The van der Waals surface area contributed by atoms with E-state index in [1.54, 1.807) is 0 Å². The highest BCUT2D eigenvalue weighted by molar-refractivity contribution is 7.80. The number of halogens is 1. The Hall–Kier alpha value is -1.18. The van der Waals surface area contributed by atoms with Crippen LogP contribution in [0.5, 0.6) is 0 Å². The highest BCUT2D eigenvalue weighted by Crippen LogP contribution is 2.19. The average Bonchev–Trinajstić information content (AvgIpc) is 2.68. The zero-order valence-electron chi connectivity index (χ0n) is 7.35. The largest absolute Gasteiger partial charge is 0.375 e. The number of aromatic nitrogens is 2. The van der Waals surface area contributed by atoms with Crippen molar-refractivity contribution in [3.05, 3.63) is 22.4 Å². The number of rotatable bonds is 2. The first-order valence-electron chi connectivity index (χ1n) is 3.88. The van der Waals surface area contributed by atoms with Gasteiger partial charge in [-0.3, -0.25) is 9.83 Å². The molecule has 15 heavy (non-hydrogen) atoms. The van der Waals surface area contributed by atoms with Crippen LogP contribution in [0.3, 0.4) is 0 Å². The first kappa shape index (κ1) is 10.3. The fourth-order valence-electron chi connectivity index (χ4n) is 1.05. The number of nitrogens with one attached hydrogen (secondary N) is 1. The lowest BCUT2D eigenvalue weighted by Gasteiger charge is -1.93. The lowest BCUT2D eigenvalue weighted by atomic mass is 10.5. The zero-order valence-corrected chi connectivity index (χ0v) is 9.73. The molecule has 0 aliphatic carbocycles. The molecule has 3 N–H and O–H groups in total. The van der Waals surface area contributed by atoms with Gasteiger partial charge in [0, 0.05) is 11.6 Å². The maximum atomic E-state index is 5.92. The van der Waals surface area contributed by atoms with E-state index in [0.29, 0.717) is 10.8 Å². The molecule has 0 amide bonds. The van der Waals surface area contributed by atoms with E-state index >= 15 is 0 Å². The van der Waals surface area contributed by atoms with Gasteiger partial charge in [0.05, 0.1) is 6.21 Å². The van der Waals surface area contributed by atoms with Gasteiger partial charge in [-0.05, 0) is 12.2 Å². The topological polar surface area (TPSA) is 67.7 Å². The van der Waals surface area contributed by atoms with Crippen molar-refractivity contribution in [2.24, 2.45) is 10.8 Å². The van der Waals surface area contributed by atoms with Crippen LogP contribution >= 0.6 is 35.2 Å². The van der Waals surface area contributed by atoms with Crippen LogP contribution in [0, 0.1) is 0 Å². The molecule has 78 valence electrons. The Morgan fingerprint density at radius 3 is 3.33 bits per heavy atom. The van der Waals surface area contributed by atoms with Crippen molar-refractivity contribution in [2.45, 2.75) is 0 Å². The maximum absolute atomic E-state index is 5.92. The van der Waals surface area contributed by atoms with Gasteiger partial charge in [0.25, 0.3) is 0 Å². The van der Waals surface area contributed by atoms with Crippen molar-refractivity contribution in [1.29, 1.82) is 0 Å². The quantitative estimate of drug-likeness (QED) is 0.483. The summed E-state index contributed by atoms with van der Waals surface area (Å²) in [5, 5.41) is 6.24. The predicted octanol–water partition coefficient (Wildman–Crippen LogP) is 1.22. The number of fused-ring (bicyclic) bond motifs is 1. The van der Waals surface area contributed by atoms with Gasteiger partial charge in [-0.1, -0.05) is 11.6 Å². The minimum Gasteiger partial charge on any atom is -0.375 e. The van der Waals surface area contributed by atoms with Gasteiger partial charge in [-0.2, -0.15) is 5.10 Å². The first-order valence-corrected chi connectivity index (χ1v) is 5.54. The molecule has 0 saturated carbocycles. The van der Waals surface area contributed by atoms with Crippen LogP contribution in [-0.4, -0.2) is 20.7 Å². The fourth-order valence-corrected chi connectivity index (χ4v) is 2.09. The van der Waals surface area contributed by atoms with Gasteiger partial charge in [0.2, 0.25) is 0 Å². The second-order valence-corrected chi connectivity index (χ2v) is 4.25. The molecule has 0 spiro atoms. The summed E-state index contributed by atoms with van der Waals surface area (Å²) in [6, 6.07) is 0. The van der Waals surface area contributed by atoms with Crippen molar-refractivity contribution in [3.63, 3.8) is 0 Å². The molecule has 2 rings (SSSR count). The molecule has 2 aromatic rings. The Labute approximate surface area is 99.6 Å². The Bertz CT molecular complexity index is 528. The van der Waals surface area contributed by atoms with Gasteiger partial charge >= 0.3 is 0 Å². The van der Waals surface area contributed by atoms with Crippen molar-refractivity contribution >= 4 is 51.4 Å². The minimum absolute atomic E-state index is 0.105. The molecule has 5 nitrogen and oxygen atoms in total. The van der Waals surface area contributed by atoms with E-state index < -0.39 is 0 Å². The predicted molar refractivity (Wildman–Crippen MR) is 65.6 cm³/mol. The molecular formula is C7H6ClN5S2. The van der Waals surface area contributed by atoms with Crippen LogP contribution in [0.2, 0.25) is 5.15 Å². The molecule has 0 unspecified atom stereocenters. The number of hydrazone groups is 1. The highest BCUT2D eigenvalue weighted by Gasteiger charge is 2.08. The molecule has 0 saturated heterocycles. The number of nitrogens with two attached hydrogens (primary N) is 1. The van der Waals surface area contributed by atoms with Crippen molar-refractivity contribution in [3.8, 4) is 0 Å². The van der Waals surface area contributed by atoms with Crippen molar-refractivity contribution < 1.29 is 0 Å². The second kappa shape index (κ2) is 4.13. The summed E-state index contributed by atoms with van der Waals surface area (Å²) >= 11 is 12.0. The lowest BCUT2D eigenvalue weighted by molar-refractivity contribution is 1.04. The maximum Gasteiger partial charge on any atom is 0.195 e. The lowest BCUT2D eigenvalue weighted by Crippen LogP contribution is -2.24. The summed E-state index contributed by atoms with van der Waals surface area (Å²) in [5.41, 5.74) is 8.36. The second-order valence-electron chi connectivity index (χ2n) is 2.58. The molecule has 0 bridgehead atoms. The average molecular weight is 260 g/mol. The SMILES string of the molecule is NC(=S)NN=Cc1c(Cl)nc2sccn12. The fraction of sp³-hybridized carbons (Fsp3) is 0. The summed E-state index contributed by atoms with van der Waals surface area (Å²) in [7, 11) is 0. The standard InChI is InChI=1S/C7H6ClN5S2/c8-5-4(3-10-12-6(9)14)13-1-2-15-7(13)11-5/h1-3H,(H3,9,12,14). The zero-order chi connectivity index (χ0) is 10.8. The van der Waals surface area contributed by atoms with E-state index in [2.05, 4.69) is 27.7 Å². The summed E-state index contributed by atoms with van der Waals surface area (Å²) in [4.78, 5) is 4.95. The third-order valence-electron chi connectivity index (χ3n) is 1.62. The Balaban J connectivity index is 2.33. The summed E-state index contributed by atoms with van der Waals surface area (Å²) in [6.45, 7) is 0. The molecule has 0 aliphatic heterocycles. The Morgan fingerprint density at radius 1 is 1.80 bits per heavy atom. The number of thiazole rings is 1. The number of nitrogens with zero attached hydrogens (tertiary/aromatic N) is 3. The molecule has 2 aromatic heterocycles. The number of imidazole rings is 1. The molecule has 0 aliphatic rings. The summed E-state index contributed by atoms with van der Waals surface area (Å²) in [5.74, 6) is 0. The van der Waals surface area contributed by atoms with Crippen LogP contribution in [-0.2, 0) is 0 Å². The molecular weight excluding hydrogens is 254 g/mol. The van der Waals surface area contributed by atoms with Gasteiger partial charge in [0.1, 0.15) is 5.69 Å². The molecule has 2 heterocycles. The van der Waals surface area contributed by atoms with E-state index in [9.17, 15) is 0 Å². The third kappa shape index (κ3) is 2.09. The number of hydrogen-bond acceptors (Lipinski definition) is 4. The van der Waals surface area contributed by atoms with Gasteiger partial charge in [0.15, 0.2) is 15.2 Å². The number of thiocarbonyl (C=S) groups is 1. The van der Waals surface area contributed by atoms with E-state index in [1.165, 1.54) is 17.6 Å². The van der Waals surface area contributed by atoms with E-state index in [-0.39, 0.29) is 5.11 Å². The van der Waals surface area contributed by atoms with Crippen LogP contribution in [0.15, 0.2) is 16.7 Å². The van der Waals surface area contributed by atoms with E-state index in [4.69, 9.17) is 17.3 Å². The van der Waals surface area contributed by atoms with Crippen LogP contribution < -0.4 is 11.2 Å². The summed E-state index contributed by atoms with van der Waals surface area (Å²) < 4.78 is 1.83. The highest BCUT2D eigenvalue weighted by atomic mass is 35.5. The molecule has 0 radical (unpaired) electrons. The third-order valence-corrected chi connectivity index (χ3v) is 2.74. The van der Waals surface area contributed by atoms with Crippen LogP contribution in [0.25, 0.3) is 4.96 Å². The van der Waals surface area contributed by atoms with Crippen molar-refractivity contribution in [1.82, 2.24) is 14.8 Å². The molecule has 0 atom stereocenters. The first-order chi connectivity index (χ1) is 7.18. The van der Waals surface area contributed by atoms with Gasteiger partial charge in [-0.15, -0.1) is 11.3 Å². The Kier molecular flexibility index (Phi) is 2.85. The summed E-state index contributed by atoms with van der Waals surface area (Å²) in [6.07, 6.45) is 3.38. The van der Waals surface area contributed by atoms with Crippen molar-refractivity contribution in [2.75, 3.05) is 0 Å².